The van der Waals surface area contributed by atoms with Gasteiger partial charge in [0.1, 0.15) is 0 Å². The number of nitrogens with one attached hydrogen (secondary N) is 2. The third-order valence-electron chi connectivity index (χ3n) is 2.22. The first-order valence-corrected chi connectivity index (χ1v) is 5.15. The van der Waals surface area contributed by atoms with Gasteiger partial charge in [0.15, 0.2) is 0 Å². The number of rotatable bonds is 2. The highest BCUT2D eigenvalue weighted by atomic mass is 16.2. The van der Waals surface area contributed by atoms with E-state index in [-0.39, 0.29) is 0 Å². The molecular weight excluding hydrogens is 232 g/mol. The molecule has 0 aliphatic heterocycles. The molecule has 2 aromatic rings. The van der Waals surface area contributed by atoms with E-state index in [4.69, 9.17) is 0 Å². The van der Waals surface area contributed by atoms with Gasteiger partial charge >= 0.3 is 6.03 Å². The molecule has 1 heterocycles. The summed E-state index contributed by atoms with van der Waals surface area (Å²) in [6.07, 6.45) is 2.43. The van der Waals surface area contributed by atoms with Crippen molar-refractivity contribution < 1.29 is 9.59 Å². The van der Waals surface area contributed by atoms with E-state index in [1.165, 1.54) is 6.20 Å². The molecule has 6 nitrogen and oxygen atoms in total. The molecule has 0 atom stereocenters. The van der Waals surface area contributed by atoms with Crippen LogP contribution in [0, 0.1) is 0 Å². The van der Waals surface area contributed by atoms with E-state index in [1.807, 2.05) is 12.1 Å². The third kappa shape index (κ3) is 2.49. The molecule has 0 aliphatic rings. The maximum Gasteiger partial charge on any atom is 0.326 e. The fourth-order valence-corrected chi connectivity index (χ4v) is 1.42. The number of imide groups is 1. The van der Waals surface area contributed by atoms with Gasteiger partial charge in [0.25, 0.3) is 5.91 Å². The van der Waals surface area contributed by atoms with Crippen molar-refractivity contribution in [1.29, 1.82) is 0 Å². The summed E-state index contributed by atoms with van der Waals surface area (Å²) in [5.41, 5.74) is 1.14. The lowest BCUT2D eigenvalue weighted by atomic mass is 10.2. The van der Waals surface area contributed by atoms with E-state index < -0.39 is 11.9 Å². The van der Waals surface area contributed by atoms with Gasteiger partial charge in [-0.3, -0.25) is 10.1 Å². The van der Waals surface area contributed by atoms with Crippen molar-refractivity contribution in [3.05, 3.63) is 43.1 Å². The zero-order valence-electron chi connectivity index (χ0n) is 9.38. The minimum atomic E-state index is -0.641. The van der Waals surface area contributed by atoms with E-state index in [0.717, 1.165) is 11.5 Å². The Morgan fingerprint density at radius 3 is 2.83 bits per heavy atom. The lowest BCUT2D eigenvalue weighted by Gasteiger charge is -2.07. The zero-order chi connectivity index (χ0) is 13.0. The minimum absolute atomic E-state index is 0.481. The van der Waals surface area contributed by atoms with Crippen LogP contribution in [0.3, 0.4) is 0 Å². The van der Waals surface area contributed by atoms with Crippen LogP contribution in [-0.2, 0) is 4.79 Å². The van der Waals surface area contributed by atoms with Crippen molar-refractivity contribution in [2.45, 2.75) is 0 Å². The number of amides is 3. The molecule has 1 aromatic carbocycles. The zero-order valence-corrected chi connectivity index (χ0v) is 9.38. The normalized spacial score (nSPS) is 9.78. The molecule has 0 aliphatic carbocycles. The van der Waals surface area contributed by atoms with Crippen LogP contribution in [0.2, 0.25) is 0 Å². The Labute approximate surface area is 103 Å². The summed E-state index contributed by atoms with van der Waals surface area (Å²) in [4.78, 5) is 22.4. The molecule has 0 spiro atoms. The summed E-state index contributed by atoms with van der Waals surface area (Å²) < 4.78 is 0. The van der Waals surface area contributed by atoms with Gasteiger partial charge < -0.3 is 5.32 Å². The Balaban J connectivity index is 2.24. The van der Waals surface area contributed by atoms with Crippen molar-refractivity contribution in [1.82, 2.24) is 15.5 Å². The van der Waals surface area contributed by atoms with Crippen LogP contribution in [0.1, 0.15) is 0 Å². The van der Waals surface area contributed by atoms with Crippen molar-refractivity contribution in [2.24, 2.45) is 0 Å². The first kappa shape index (κ1) is 11.7. The standard InChI is InChI=1S/C12H10N4O2/c1-2-11(17)15-12(18)14-10-7-13-16-9-6-4-3-5-8(9)10/h2-7H,1H2,(H2,14,15,16,17,18). The second-order valence-corrected chi connectivity index (χ2v) is 3.42. The molecule has 18 heavy (non-hydrogen) atoms. The van der Waals surface area contributed by atoms with Gasteiger partial charge in [-0.25, -0.2) is 4.79 Å². The van der Waals surface area contributed by atoms with Gasteiger partial charge in [0.2, 0.25) is 0 Å². The van der Waals surface area contributed by atoms with Crippen LogP contribution >= 0.6 is 0 Å². The molecule has 0 radical (unpaired) electrons. The van der Waals surface area contributed by atoms with Crippen LogP contribution in [0.5, 0.6) is 0 Å². The third-order valence-corrected chi connectivity index (χ3v) is 2.22. The largest absolute Gasteiger partial charge is 0.326 e. The second kappa shape index (κ2) is 5.05. The molecule has 0 saturated heterocycles. The van der Waals surface area contributed by atoms with Gasteiger partial charge in [-0.05, 0) is 12.1 Å². The summed E-state index contributed by atoms with van der Waals surface area (Å²) in [5, 5.41) is 13.0. The van der Waals surface area contributed by atoms with Crippen LogP contribution in [0.15, 0.2) is 43.1 Å². The van der Waals surface area contributed by atoms with Crippen LogP contribution in [0.25, 0.3) is 10.9 Å². The average Bonchev–Trinajstić information content (AvgIpc) is 2.39. The van der Waals surface area contributed by atoms with Crippen LogP contribution in [-0.4, -0.2) is 22.1 Å². The number of hydrogen-bond acceptors (Lipinski definition) is 4. The minimum Gasteiger partial charge on any atom is -0.305 e. The molecule has 3 amide bonds. The number of hydrogen-bond donors (Lipinski definition) is 2. The average molecular weight is 242 g/mol. The molecule has 6 heteroatoms. The SMILES string of the molecule is C=CC(=O)NC(=O)Nc1cnnc2ccccc12. The highest BCUT2D eigenvalue weighted by Gasteiger charge is 2.08. The van der Waals surface area contributed by atoms with Crippen LogP contribution < -0.4 is 10.6 Å². The summed E-state index contributed by atoms with van der Waals surface area (Å²) in [5.74, 6) is -0.571. The Hall–Kier alpha value is -2.76. The fraction of sp³-hybridized carbons (Fsp3) is 0. The molecular formula is C12H10N4O2. The molecule has 2 rings (SSSR count). The number of fused-ring (bicyclic) bond motifs is 1. The predicted octanol–water partition coefficient (Wildman–Crippen LogP) is 1.46. The number of carbonyl (C=O) groups is 2. The van der Waals surface area contributed by atoms with E-state index in [0.29, 0.717) is 11.2 Å². The second-order valence-electron chi connectivity index (χ2n) is 3.42. The van der Waals surface area contributed by atoms with Crippen molar-refractivity contribution >= 4 is 28.5 Å². The Morgan fingerprint density at radius 1 is 1.28 bits per heavy atom. The Morgan fingerprint density at radius 2 is 2.06 bits per heavy atom. The van der Waals surface area contributed by atoms with E-state index in [9.17, 15) is 9.59 Å². The Kier molecular flexibility index (Phi) is 3.29. The fourth-order valence-electron chi connectivity index (χ4n) is 1.42. The number of nitrogens with zero attached hydrogens (tertiary/aromatic N) is 2. The van der Waals surface area contributed by atoms with Gasteiger partial charge in [0.05, 0.1) is 17.4 Å². The smallest absolute Gasteiger partial charge is 0.305 e. The lowest BCUT2D eigenvalue weighted by molar-refractivity contribution is -0.115. The quantitative estimate of drug-likeness (QED) is 0.781. The maximum atomic E-state index is 11.5. The lowest BCUT2D eigenvalue weighted by Crippen LogP contribution is -2.33. The summed E-state index contributed by atoms with van der Waals surface area (Å²) in [7, 11) is 0. The van der Waals surface area contributed by atoms with Gasteiger partial charge in [-0.15, -0.1) is 0 Å². The number of urea groups is 1. The first-order chi connectivity index (χ1) is 8.70. The molecule has 1 aromatic heterocycles. The summed E-state index contributed by atoms with van der Waals surface area (Å²) in [6.45, 7) is 3.26. The number of carbonyl (C=O) groups excluding carboxylic acids is 2. The van der Waals surface area contributed by atoms with E-state index >= 15 is 0 Å². The molecule has 0 saturated carbocycles. The van der Waals surface area contributed by atoms with Crippen LogP contribution in [0.4, 0.5) is 10.5 Å². The molecule has 0 fully saturated rings. The number of anilines is 1. The summed E-state index contributed by atoms with van der Waals surface area (Å²) in [6, 6.07) is 6.58. The highest BCUT2D eigenvalue weighted by Crippen LogP contribution is 2.19. The predicted molar refractivity (Wildman–Crippen MR) is 66.9 cm³/mol. The van der Waals surface area contributed by atoms with E-state index in [2.05, 4.69) is 27.4 Å². The monoisotopic (exact) mass is 242 g/mol. The van der Waals surface area contributed by atoms with Gasteiger partial charge in [-0.2, -0.15) is 10.2 Å². The van der Waals surface area contributed by atoms with Crippen molar-refractivity contribution in [3.8, 4) is 0 Å². The topological polar surface area (TPSA) is 84.0 Å². The van der Waals surface area contributed by atoms with Gasteiger partial charge in [0, 0.05) is 5.39 Å². The molecule has 0 unspecified atom stereocenters. The molecule has 0 bridgehead atoms. The maximum absolute atomic E-state index is 11.5. The van der Waals surface area contributed by atoms with Crippen molar-refractivity contribution in [3.63, 3.8) is 0 Å². The molecule has 2 N–H and O–H groups in total. The Bertz CT molecular complexity index is 619. The number of benzene rings is 1. The first-order valence-electron chi connectivity index (χ1n) is 5.15. The van der Waals surface area contributed by atoms with Gasteiger partial charge in [-0.1, -0.05) is 24.8 Å². The molecule has 90 valence electrons. The highest BCUT2D eigenvalue weighted by molar-refractivity contribution is 6.07. The summed E-state index contributed by atoms with van der Waals surface area (Å²) >= 11 is 0. The number of aromatic nitrogens is 2. The van der Waals surface area contributed by atoms with E-state index in [1.54, 1.807) is 12.1 Å². The van der Waals surface area contributed by atoms with Crippen molar-refractivity contribution in [2.75, 3.05) is 5.32 Å².